The molecule has 1 aromatic carbocycles. The molecule has 1 aliphatic carbocycles. The second kappa shape index (κ2) is 9.39. The molecular weight excluding hydrogens is 392 g/mol. The maximum atomic E-state index is 13.1. The van der Waals surface area contributed by atoms with Gasteiger partial charge in [0.15, 0.2) is 0 Å². The zero-order valence-corrected chi connectivity index (χ0v) is 18.7. The highest BCUT2D eigenvalue weighted by molar-refractivity contribution is 6.01. The maximum Gasteiger partial charge on any atom is 0.234 e. The molecule has 4 rings (SSSR count). The monoisotopic (exact) mass is 426 g/mol. The largest absolute Gasteiger partial charge is 0.352 e. The lowest BCUT2D eigenvalue weighted by molar-refractivity contribution is -0.137. The van der Waals surface area contributed by atoms with E-state index in [0.29, 0.717) is 51.2 Å². The fourth-order valence-electron chi connectivity index (χ4n) is 4.56. The number of nitrogens with one attached hydrogen (secondary N) is 1. The summed E-state index contributed by atoms with van der Waals surface area (Å²) < 4.78 is 0. The van der Waals surface area contributed by atoms with Crippen LogP contribution in [0.15, 0.2) is 24.3 Å². The van der Waals surface area contributed by atoms with Gasteiger partial charge >= 0.3 is 0 Å². The molecule has 168 valence electrons. The molecule has 1 saturated carbocycles. The van der Waals surface area contributed by atoms with Crippen LogP contribution in [0.25, 0.3) is 0 Å². The van der Waals surface area contributed by atoms with E-state index >= 15 is 0 Å². The quantitative estimate of drug-likeness (QED) is 0.724. The van der Waals surface area contributed by atoms with Crippen LogP contribution in [0.3, 0.4) is 0 Å². The van der Waals surface area contributed by atoms with Crippen LogP contribution in [0.4, 0.5) is 5.69 Å². The lowest BCUT2D eigenvalue weighted by Gasteiger charge is -2.35. The first-order chi connectivity index (χ1) is 15.0. The van der Waals surface area contributed by atoms with Gasteiger partial charge in [-0.3, -0.25) is 19.3 Å². The third kappa shape index (κ3) is 5.09. The van der Waals surface area contributed by atoms with Crippen molar-refractivity contribution < 1.29 is 14.4 Å². The molecule has 1 N–H and O–H groups in total. The van der Waals surface area contributed by atoms with Crippen LogP contribution < -0.4 is 10.2 Å². The molecule has 0 radical (unpaired) electrons. The summed E-state index contributed by atoms with van der Waals surface area (Å²) in [5, 5.41) is 3.02. The molecule has 3 fully saturated rings. The normalized spacial score (nSPS) is 23.2. The van der Waals surface area contributed by atoms with Crippen LogP contribution in [0.2, 0.25) is 0 Å². The third-order valence-corrected chi connectivity index (χ3v) is 6.84. The number of carbonyl (C=O) groups is 3. The third-order valence-electron chi connectivity index (χ3n) is 6.84. The van der Waals surface area contributed by atoms with E-state index in [1.165, 1.54) is 5.56 Å². The topological polar surface area (TPSA) is 73.0 Å². The number of hydrogen-bond donors (Lipinski definition) is 1. The minimum Gasteiger partial charge on any atom is -0.352 e. The average Bonchev–Trinajstić information content (AvgIpc) is 3.51. The summed E-state index contributed by atoms with van der Waals surface area (Å²) >= 11 is 0. The lowest BCUT2D eigenvalue weighted by atomic mass is 9.96. The highest BCUT2D eigenvalue weighted by Gasteiger charge is 2.39. The fraction of sp³-hybridized carbons (Fsp3) is 0.625. The predicted octanol–water partition coefficient (Wildman–Crippen LogP) is 1.98. The zero-order chi connectivity index (χ0) is 22.0. The second-order valence-electron chi connectivity index (χ2n) is 9.22. The lowest BCUT2D eigenvalue weighted by Crippen LogP contribution is -2.52. The van der Waals surface area contributed by atoms with Crippen molar-refractivity contribution in [2.24, 2.45) is 5.92 Å². The molecule has 0 aromatic heterocycles. The smallest absolute Gasteiger partial charge is 0.234 e. The Balaban J connectivity index is 1.32. The van der Waals surface area contributed by atoms with E-state index in [1.807, 2.05) is 28.0 Å². The van der Waals surface area contributed by atoms with Gasteiger partial charge in [0.2, 0.25) is 17.7 Å². The number of rotatable bonds is 7. The van der Waals surface area contributed by atoms with Gasteiger partial charge in [-0.2, -0.15) is 0 Å². The SMILES string of the molecule is CCC(C)c1ccccc1N1CC(C(=O)N2CCN(CC(=O)NC3CC3)CC2)CC1=O. The van der Waals surface area contributed by atoms with Gasteiger partial charge in [0.1, 0.15) is 0 Å². The van der Waals surface area contributed by atoms with Gasteiger partial charge in [0.25, 0.3) is 0 Å². The molecule has 2 atom stereocenters. The van der Waals surface area contributed by atoms with Crippen molar-refractivity contribution in [3.8, 4) is 0 Å². The average molecular weight is 427 g/mol. The molecular formula is C24H34N4O3. The van der Waals surface area contributed by atoms with Crippen LogP contribution in [0.5, 0.6) is 0 Å². The number of piperazine rings is 1. The summed E-state index contributed by atoms with van der Waals surface area (Å²) in [6.45, 7) is 7.81. The molecule has 31 heavy (non-hydrogen) atoms. The Morgan fingerprint density at radius 2 is 1.84 bits per heavy atom. The van der Waals surface area contributed by atoms with Crippen molar-refractivity contribution in [2.45, 2.75) is 51.5 Å². The van der Waals surface area contributed by atoms with Gasteiger partial charge < -0.3 is 15.1 Å². The molecule has 1 aromatic rings. The minimum atomic E-state index is -0.290. The molecule has 0 spiro atoms. The zero-order valence-electron chi connectivity index (χ0n) is 18.7. The number of amides is 3. The Hall–Kier alpha value is -2.41. The summed E-state index contributed by atoms with van der Waals surface area (Å²) in [7, 11) is 0. The van der Waals surface area contributed by atoms with E-state index in [9.17, 15) is 14.4 Å². The Morgan fingerprint density at radius 1 is 1.13 bits per heavy atom. The molecule has 2 heterocycles. The predicted molar refractivity (Wildman–Crippen MR) is 120 cm³/mol. The van der Waals surface area contributed by atoms with Crippen LogP contribution in [-0.4, -0.2) is 72.8 Å². The van der Waals surface area contributed by atoms with Crippen LogP contribution >= 0.6 is 0 Å². The Bertz CT molecular complexity index is 830. The molecule has 7 nitrogen and oxygen atoms in total. The summed E-state index contributed by atoms with van der Waals surface area (Å²) in [4.78, 5) is 43.7. The minimum absolute atomic E-state index is 0.0319. The van der Waals surface area contributed by atoms with Gasteiger partial charge in [-0.1, -0.05) is 32.0 Å². The Morgan fingerprint density at radius 3 is 2.52 bits per heavy atom. The van der Waals surface area contributed by atoms with Gasteiger partial charge in [0, 0.05) is 50.9 Å². The van der Waals surface area contributed by atoms with E-state index in [1.54, 1.807) is 0 Å². The van der Waals surface area contributed by atoms with E-state index in [2.05, 4.69) is 30.1 Å². The van der Waals surface area contributed by atoms with Crippen LogP contribution in [0.1, 0.15) is 51.0 Å². The number of benzene rings is 1. The first kappa shape index (κ1) is 21.8. The van der Waals surface area contributed by atoms with Crippen molar-refractivity contribution in [3.63, 3.8) is 0 Å². The summed E-state index contributed by atoms with van der Waals surface area (Å²) in [5.41, 5.74) is 2.12. The molecule has 0 bridgehead atoms. The van der Waals surface area contributed by atoms with Gasteiger partial charge in [0.05, 0.1) is 12.5 Å². The highest BCUT2D eigenvalue weighted by atomic mass is 16.2. The number of carbonyl (C=O) groups excluding carboxylic acids is 3. The molecule has 2 aliphatic heterocycles. The van der Waals surface area contributed by atoms with E-state index in [4.69, 9.17) is 0 Å². The standard InChI is InChI=1S/C24H34N4O3/c1-3-17(2)20-6-4-5-7-21(20)28-15-18(14-23(28)30)24(31)27-12-10-26(11-13-27)16-22(29)25-19-8-9-19/h4-7,17-19H,3,8-16H2,1-2H3,(H,25,29). The fourth-order valence-corrected chi connectivity index (χ4v) is 4.56. The Labute approximate surface area is 184 Å². The van der Waals surface area contributed by atoms with Crippen molar-refractivity contribution in [1.82, 2.24) is 15.1 Å². The van der Waals surface area contributed by atoms with E-state index < -0.39 is 0 Å². The van der Waals surface area contributed by atoms with Gasteiger partial charge in [-0.25, -0.2) is 0 Å². The molecule has 7 heteroatoms. The number of para-hydroxylation sites is 1. The van der Waals surface area contributed by atoms with E-state index in [-0.39, 0.29) is 30.1 Å². The highest BCUT2D eigenvalue weighted by Crippen LogP contribution is 2.34. The van der Waals surface area contributed by atoms with Crippen molar-refractivity contribution >= 4 is 23.4 Å². The number of hydrogen-bond acceptors (Lipinski definition) is 4. The number of nitrogens with zero attached hydrogens (tertiary/aromatic N) is 3. The molecule has 3 amide bonds. The summed E-state index contributed by atoms with van der Waals surface area (Å²) in [6, 6.07) is 8.44. The van der Waals surface area contributed by atoms with Gasteiger partial charge in [-0.05, 0) is 36.8 Å². The summed E-state index contributed by atoms with van der Waals surface area (Å²) in [6.07, 6.45) is 3.46. The first-order valence-corrected chi connectivity index (χ1v) is 11.7. The molecule has 2 unspecified atom stereocenters. The van der Waals surface area contributed by atoms with Crippen molar-refractivity contribution in [2.75, 3.05) is 44.2 Å². The Kier molecular flexibility index (Phi) is 6.60. The second-order valence-corrected chi connectivity index (χ2v) is 9.22. The number of anilines is 1. The van der Waals surface area contributed by atoms with Crippen LogP contribution in [-0.2, 0) is 14.4 Å². The molecule has 2 saturated heterocycles. The molecule has 3 aliphatic rings. The van der Waals surface area contributed by atoms with Crippen molar-refractivity contribution in [3.05, 3.63) is 29.8 Å². The van der Waals surface area contributed by atoms with E-state index in [0.717, 1.165) is 24.9 Å². The summed E-state index contributed by atoms with van der Waals surface area (Å²) in [5.74, 6) is 0.258. The first-order valence-electron chi connectivity index (χ1n) is 11.7. The van der Waals surface area contributed by atoms with Crippen molar-refractivity contribution in [1.29, 1.82) is 0 Å². The maximum absolute atomic E-state index is 13.1. The van der Waals surface area contributed by atoms with Gasteiger partial charge in [-0.15, -0.1) is 0 Å². The van der Waals surface area contributed by atoms with Crippen LogP contribution in [0, 0.1) is 5.92 Å².